The summed E-state index contributed by atoms with van der Waals surface area (Å²) >= 11 is 0. The molecule has 4 fully saturated rings. The molecule has 2 saturated carbocycles. The number of methoxy groups -OCH3 is 3. The van der Waals surface area contributed by atoms with Crippen LogP contribution in [-0.4, -0.2) is 114 Å². The smallest absolute Gasteiger partial charge is 0.312 e. The maximum Gasteiger partial charge on any atom is 0.312 e. The number of phenols is 3. The summed E-state index contributed by atoms with van der Waals surface area (Å²) in [4.78, 5) is 101. The second-order valence-electron chi connectivity index (χ2n) is 29.4. The number of ether oxygens (including phenoxy) is 8. The monoisotopic (exact) mass is 1260 g/mol. The lowest BCUT2D eigenvalue weighted by molar-refractivity contribution is -0.185. The molecular weight excluding hydrogens is 1160 g/mol. The first-order chi connectivity index (χ1) is 41.6. The summed E-state index contributed by atoms with van der Waals surface area (Å²) in [5.74, 6) is -2.46. The SMILES string of the molecule is COC(=O)C(C)(C)CC(C)(CC(C)c1ccc(O)cc1)C(=O)OC1(C)CCOC(=O)C1.COC(=O)C(C)(C)CC(C)(CC(C)c1ccc(O)cc1)C(=O)OC1C2CC3C(=O)OC1C3C2.COC(=O)C(C)(C)CC(CC(C)c1ccc(O)cc1)C(=O)OC(C)(C)C. The molecule has 2 bridgehead atoms. The summed E-state index contributed by atoms with van der Waals surface area (Å²) in [6.07, 6.45) is 3.44. The lowest BCUT2D eigenvalue weighted by Crippen LogP contribution is -2.46. The zero-order valence-electron chi connectivity index (χ0n) is 56.3. The molecule has 3 N–H and O–H groups in total. The average Bonchev–Trinajstić information content (AvgIpc) is 1.61. The van der Waals surface area contributed by atoms with Gasteiger partial charge in [0.15, 0.2) is 0 Å². The van der Waals surface area contributed by atoms with E-state index in [1.54, 1.807) is 91.8 Å². The van der Waals surface area contributed by atoms with Crippen LogP contribution in [0, 0.1) is 50.7 Å². The van der Waals surface area contributed by atoms with Crippen molar-refractivity contribution in [2.45, 2.75) is 209 Å². The van der Waals surface area contributed by atoms with Crippen LogP contribution in [0.1, 0.15) is 203 Å². The Balaban J connectivity index is 0.000000248. The largest absolute Gasteiger partial charge is 0.508 e. The van der Waals surface area contributed by atoms with Crippen molar-refractivity contribution in [3.05, 3.63) is 89.5 Å². The number of hydrogen-bond donors (Lipinski definition) is 3. The van der Waals surface area contributed by atoms with Crippen LogP contribution in [0.3, 0.4) is 0 Å². The minimum Gasteiger partial charge on any atom is -0.508 e. The van der Waals surface area contributed by atoms with Gasteiger partial charge in [-0.1, -0.05) is 57.2 Å². The third-order valence-electron chi connectivity index (χ3n) is 18.3. The molecule has 19 nitrogen and oxygen atoms in total. The van der Waals surface area contributed by atoms with Crippen molar-refractivity contribution in [1.82, 2.24) is 0 Å². The third-order valence-corrected chi connectivity index (χ3v) is 18.3. The number of aromatic hydroxyl groups is 3. The van der Waals surface area contributed by atoms with Gasteiger partial charge in [0.05, 0.1) is 73.3 Å². The number of cyclic esters (lactones) is 1. The van der Waals surface area contributed by atoms with Crippen LogP contribution in [0.2, 0.25) is 0 Å². The highest BCUT2D eigenvalue weighted by molar-refractivity contribution is 5.83. The van der Waals surface area contributed by atoms with E-state index in [4.69, 9.17) is 37.9 Å². The number of rotatable bonds is 23. The summed E-state index contributed by atoms with van der Waals surface area (Å²) in [6.45, 7) is 27.7. The number of phenolic OH excluding ortho intramolecular Hbond substituents is 3. The van der Waals surface area contributed by atoms with Gasteiger partial charge in [-0.05, 0) is 205 Å². The molecule has 0 aromatic heterocycles. The van der Waals surface area contributed by atoms with Gasteiger partial charge in [0.2, 0.25) is 0 Å². The normalized spacial score (nSPS) is 22.9. The van der Waals surface area contributed by atoms with Crippen LogP contribution in [0.5, 0.6) is 17.2 Å². The Kier molecular flexibility index (Phi) is 24.0. The molecule has 498 valence electrons. The standard InChI is InChI=1S/C26H34O7.C24H34O7.C21H32O5/c1-14(15-6-8-17(27)9-7-15)12-26(4,13-25(2,3)23(29)31-5)24(30)33-20-16-10-18-19(11-16)22(28)32-21(18)20;1-16(17-7-9-18(25)10-8-17)13-23(4,15-22(2,3)20(27)29-6)21(28)31-24(5)11-12-30-19(26)14-24;1-14(15-8-10-17(22)11-9-15)12-16(18(23)26-20(2,3)4)13-21(5,6)19(24)25-7/h6-9,14,16,18-21,27H,10-13H2,1-5H3;7-10,16,25H,11-15H2,1-6H3;8-11,14,16,22H,12-13H2,1-7H3. The van der Waals surface area contributed by atoms with E-state index in [2.05, 4.69) is 0 Å². The first kappa shape index (κ1) is 73.6. The lowest BCUT2D eigenvalue weighted by Gasteiger charge is -2.40. The van der Waals surface area contributed by atoms with E-state index >= 15 is 0 Å². The molecule has 12 atom stereocenters. The maximum absolute atomic E-state index is 13.7. The van der Waals surface area contributed by atoms with E-state index in [0.717, 1.165) is 23.1 Å². The maximum atomic E-state index is 13.7. The third kappa shape index (κ3) is 19.2. The molecule has 19 heteroatoms. The molecule has 4 aliphatic rings. The zero-order valence-corrected chi connectivity index (χ0v) is 56.3. The quantitative estimate of drug-likeness (QED) is 0.0588. The van der Waals surface area contributed by atoms with Gasteiger partial charge in [-0.3, -0.25) is 38.4 Å². The fourth-order valence-electron chi connectivity index (χ4n) is 13.9. The molecule has 90 heavy (non-hydrogen) atoms. The van der Waals surface area contributed by atoms with E-state index in [9.17, 15) is 53.7 Å². The van der Waals surface area contributed by atoms with Crippen molar-refractivity contribution >= 4 is 47.8 Å². The number of carbonyl (C=O) groups is 8. The van der Waals surface area contributed by atoms with Crippen LogP contribution < -0.4 is 0 Å². The molecule has 2 heterocycles. The second kappa shape index (κ2) is 29.4. The van der Waals surface area contributed by atoms with Gasteiger partial charge in [-0.25, -0.2) is 0 Å². The molecule has 3 aromatic rings. The first-order valence-corrected chi connectivity index (χ1v) is 31.3. The molecule has 2 saturated heterocycles. The predicted molar refractivity (Wildman–Crippen MR) is 334 cm³/mol. The highest BCUT2D eigenvalue weighted by Crippen LogP contribution is 2.56. The van der Waals surface area contributed by atoms with E-state index in [1.807, 2.05) is 84.9 Å². The Bertz CT molecular complexity index is 2990. The van der Waals surface area contributed by atoms with Crippen LogP contribution >= 0.6 is 0 Å². The Morgan fingerprint density at radius 3 is 1.42 bits per heavy atom. The molecule has 0 amide bonds. The van der Waals surface area contributed by atoms with Crippen LogP contribution in [0.15, 0.2) is 72.8 Å². The van der Waals surface area contributed by atoms with Gasteiger partial charge in [0.1, 0.15) is 40.7 Å². The summed E-state index contributed by atoms with van der Waals surface area (Å²) < 4.78 is 43.0. The lowest BCUT2D eigenvalue weighted by atomic mass is 9.69. The van der Waals surface area contributed by atoms with Gasteiger partial charge in [-0.15, -0.1) is 0 Å². The van der Waals surface area contributed by atoms with Gasteiger partial charge in [0, 0.05) is 18.3 Å². The van der Waals surface area contributed by atoms with Crippen molar-refractivity contribution < 1.29 is 91.6 Å². The van der Waals surface area contributed by atoms with E-state index < -0.39 is 68.2 Å². The fourth-order valence-corrected chi connectivity index (χ4v) is 13.9. The molecule has 12 unspecified atom stereocenters. The van der Waals surface area contributed by atoms with Gasteiger partial charge >= 0.3 is 47.8 Å². The molecule has 2 aliphatic carbocycles. The first-order valence-electron chi connectivity index (χ1n) is 31.3. The van der Waals surface area contributed by atoms with Gasteiger partial charge in [-0.2, -0.15) is 0 Å². The van der Waals surface area contributed by atoms with E-state index in [0.29, 0.717) is 38.5 Å². The van der Waals surface area contributed by atoms with Crippen molar-refractivity contribution in [3.63, 3.8) is 0 Å². The van der Waals surface area contributed by atoms with E-state index in [1.165, 1.54) is 21.3 Å². The average molecular weight is 1260 g/mol. The number of hydrogen-bond acceptors (Lipinski definition) is 19. The minimum absolute atomic E-state index is 0.00271. The molecule has 7 rings (SSSR count). The molecular formula is C71H100O19. The van der Waals surface area contributed by atoms with Crippen LogP contribution in [-0.2, 0) is 76.3 Å². The van der Waals surface area contributed by atoms with Crippen molar-refractivity contribution in [2.75, 3.05) is 27.9 Å². The topological polar surface area (TPSA) is 271 Å². The summed E-state index contributed by atoms with van der Waals surface area (Å²) in [7, 11) is 4.03. The van der Waals surface area contributed by atoms with E-state index in [-0.39, 0.29) is 115 Å². The van der Waals surface area contributed by atoms with Gasteiger partial charge in [0.25, 0.3) is 0 Å². The van der Waals surface area contributed by atoms with Crippen molar-refractivity contribution in [1.29, 1.82) is 0 Å². The summed E-state index contributed by atoms with van der Waals surface area (Å²) in [6, 6.07) is 20.7. The predicted octanol–water partition coefficient (Wildman–Crippen LogP) is 12.5. The highest BCUT2D eigenvalue weighted by Gasteiger charge is 2.64. The molecule has 2 aliphatic heterocycles. The Hall–Kier alpha value is -7.18. The summed E-state index contributed by atoms with van der Waals surface area (Å²) in [5.41, 5.74) is -3.15. The number of benzene rings is 3. The zero-order chi connectivity index (χ0) is 67.7. The molecule has 0 radical (unpaired) electrons. The minimum atomic E-state index is -1.01. The number of fused-ring (bicyclic) bond motifs is 1. The Morgan fingerprint density at radius 1 is 0.578 bits per heavy atom. The van der Waals surface area contributed by atoms with Crippen molar-refractivity contribution in [3.8, 4) is 17.2 Å². The number of carbonyl (C=O) groups excluding carboxylic acids is 8. The molecule has 3 aromatic carbocycles. The van der Waals surface area contributed by atoms with Gasteiger partial charge < -0.3 is 53.2 Å². The Labute approximate surface area is 531 Å². The number of esters is 8. The highest BCUT2D eigenvalue weighted by atomic mass is 16.6. The fraction of sp³-hybridized carbons (Fsp3) is 0.634. The second-order valence-corrected chi connectivity index (χ2v) is 29.4. The van der Waals surface area contributed by atoms with Crippen molar-refractivity contribution in [2.24, 2.45) is 50.7 Å². The molecule has 0 spiro atoms. The summed E-state index contributed by atoms with van der Waals surface area (Å²) in [5, 5.41) is 28.6. The van der Waals surface area contributed by atoms with Crippen LogP contribution in [0.25, 0.3) is 0 Å². The Morgan fingerprint density at radius 2 is 1.00 bits per heavy atom. The van der Waals surface area contributed by atoms with Crippen LogP contribution in [0.4, 0.5) is 0 Å².